The summed E-state index contributed by atoms with van der Waals surface area (Å²) in [5.74, 6) is 1.31. The van der Waals surface area contributed by atoms with Crippen LogP contribution in [0.3, 0.4) is 0 Å². The second kappa shape index (κ2) is 4.77. The Morgan fingerprint density at radius 3 is 3.13 bits per heavy atom. The standard InChI is InChI=1S/C11H18N2O2/c1-8(2)5-9-7-15-11(13-9)10-6-12-3-4-14-10/h7-8,10,12H,3-6H2,1-2H3. The molecule has 2 heterocycles. The SMILES string of the molecule is CC(C)Cc1coc(C2CNCCO2)n1. The molecule has 84 valence electrons. The van der Waals surface area contributed by atoms with Gasteiger partial charge in [0, 0.05) is 13.1 Å². The molecule has 1 saturated heterocycles. The number of nitrogens with zero attached hydrogens (tertiary/aromatic N) is 1. The van der Waals surface area contributed by atoms with Crippen LogP contribution in [0.5, 0.6) is 0 Å². The Balaban J connectivity index is 1.99. The van der Waals surface area contributed by atoms with E-state index in [9.17, 15) is 0 Å². The number of nitrogens with one attached hydrogen (secondary N) is 1. The maximum atomic E-state index is 5.56. The fraction of sp³-hybridized carbons (Fsp3) is 0.727. The van der Waals surface area contributed by atoms with E-state index in [1.54, 1.807) is 6.26 Å². The van der Waals surface area contributed by atoms with Crippen molar-refractivity contribution >= 4 is 0 Å². The number of ether oxygens (including phenoxy) is 1. The predicted molar refractivity (Wildman–Crippen MR) is 56.6 cm³/mol. The van der Waals surface area contributed by atoms with E-state index in [4.69, 9.17) is 9.15 Å². The third-order valence-corrected chi connectivity index (χ3v) is 2.39. The Labute approximate surface area is 90.0 Å². The van der Waals surface area contributed by atoms with E-state index in [-0.39, 0.29) is 6.10 Å². The lowest BCUT2D eigenvalue weighted by Crippen LogP contribution is -2.33. The number of hydrogen-bond acceptors (Lipinski definition) is 4. The highest BCUT2D eigenvalue weighted by Gasteiger charge is 2.20. The van der Waals surface area contributed by atoms with Gasteiger partial charge in [-0.1, -0.05) is 13.8 Å². The van der Waals surface area contributed by atoms with Crippen molar-refractivity contribution in [2.24, 2.45) is 5.92 Å². The summed E-state index contributed by atoms with van der Waals surface area (Å²) in [4.78, 5) is 4.44. The summed E-state index contributed by atoms with van der Waals surface area (Å²) >= 11 is 0. The molecule has 1 unspecified atom stereocenters. The molecule has 1 aliphatic rings. The van der Waals surface area contributed by atoms with Gasteiger partial charge in [0.15, 0.2) is 0 Å². The number of morpholine rings is 1. The van der Waals surface area contributed by atoms with Crippen molar-refractivity contribution in [2.45, 2.75) is 26.4 Å². The van der Waals surface area contributed by atoms with E-state index in [1.165, 1.54) is 0 Å². The topological polar surface area (TPSA) is 47.3 Å². The minimum atomic E-state index is -0.0142. The van der Waals surface area contributed by atoms with Crippen LogP contribution in [0.4, 0.5) is 0 Å². The first kappa shape index (κ1) is 10.6. The summed E-state index contributed by atoms with van der Waals surface area (Å²) in [6, 6.07) is 0. The van der Waals surface area contributed by atoms with Gasteiger partial charge in [-0.2, -0.15) is 0 Å². The lowest BCUT2D eigenvalue weighted by Gasteiger charge is -2.20. The first-order valence-corrected chi connectivity index (χ1v) is 5.52. The molecule has 1 fully saturated rings. The van der Waals surface area contributed by atoms with Gasteiger partial charge in [-0.25, -0.2) is 4.98 Å². The smallest absolute Gasteiger partial charge is 0.224 e. The Morgan fingerprint density at radius 1 is 1.60 bits per heavy atom. The zero-order valence-corrected chi connectivity index (χ0v) is 9.32. The summed E-state index contributed by atoms with van der Waals surface area (Å²) in [7, 11) is 0. The van der Waals surface area contributed by atoms with E-state index >= 15 is 0 Å². The molecular weight excluding hydrogens is 192 g/mol. The Kier molecular flexibility index (Phi) is 3.38. The molecule has 1 aliphatic heterocycles. The minimum Gasteiger partial charge on any atom is -0.446 e. The molecule has 0 saturated carbocycles. The van der Waals surface area contributed by atoms with Crippen LogP contribution in [0.1, 0.15) is 31.5 Å². The third kappa shape index (κ3) is 2.79. The molecule has 2 rings (SSSR count). The normalized spacial score (nSPS) is 22.2. The number of rotatable bonds is 3. The fourth-order valence-corrected chi connectivity index (χ4v) is 1.71. The number of aromatic nitrogens is 1. The molecule has 0 aromatic carbocycles. The van der Waals surface area contributed by atoms with Gasteiger partial charge in [0.05, 0.1) is 12.3 Å². The monoisotopic (exact) mass is 210 g/mol. The summed E-state index contributed by atoms with van der Waals surface area (Å²) in [5.41, 5.74) is 1.02. The summed E-state index contributed by atoms with van der Waals surface area (Å²) < 4.78 is 11.0. The van der Waals surface area contributed by atoms with Gasteiger partial charge in [0.25, 0.3) is 0 Å². The van der Waals surface area contributed by atoms with Crippen molar-refractivity contribution in [3.63, 3.8) is 0 Å². The average Bonchev–Trinajstić information content (AvgIpc) is 2.67. The predicted octanol–water partition coefficient (Wildman–Crippen LogP) is 1.53. The van der Waals surface area contributed by atoms with Crippen molar-refractivity contribution < 1.29 is 9.15 Å². The van der Waals surface area contributed by atoms with Crippen LogP contribution in [0, 0.1) is 5.92 Å². The molecule has 0 bridgehead atoms. The van der Waals surface area contributed by atoms with Crippen molar-refractivity contribution in [1.82, 2.24) is 10.3 Å². The van der Waals surface area contributed by atoms with Crippen LogP contribution in [0.2, 0.25) is 0 Å². The first-order valence-electron chi connectivity index (χ1n) is 5.52. The van der Waals surface area contributed by atoms with E-state index in [1.807, 2.05) is 0 Å². The summed E-state index contributed by atoms with van der Waals surface area (Å²) in [5, 5.41) is 3.26. The first-order chi connectivity index (χ1) is 7.25. The van der Waals surface area contributed by atoms with Gasteiger partial charge in [-0.3, -0.25) is 0 Å². The van der Waals surface area contributed by atoms with Crippen LogP contribution in [-0.2, 0) is 11.2 Å². The molecule has 4 heteroatoms. The molecule has 1 N–H and O–H groups in total. The van der Waals surface area contributed by atoms with Crippen LogP contribution in [0.25, 0.3) is 0 Å². The minimum absolute atomic E-state index is 0.0142. The molecular formula is C11H18N2O2. The molecule has 1 aromatic rings. The molecule has 15 heavy (non-hydrogen) atoms. The van der Waals surface area contributed by atoms with Crippen molar-refractivity contribution in [2.75, 3.05) is 19.7 Å². The molecule has 0 radical (unpaired) electrons. The van der Waals surface area contributed by atoms with Crippen LogP contribution < -0.4 is 5.32 Å². The molecule has 4 nitrogen and oxygen atoms in total. The highest BCUT2D eigenvalue weighted by atomic mass is 16.5. The van der Waals surface area contributed by atoms with E-state index < -0.39 is 0 Å². The molecule has 1 aromatic heterocycles. The van der Waals surface area contributed by atoms with Gasteiger partial charge in [0.1, 0.15) is 12.4 Å². The second-order valence-electron chi connectivity index (χ2n) is 4.34. The second-order valence-corrected chi connectivity index (χ2v) is 4.34. The highest BCUT2D eigenvalue weighted by Crippen LogP contribution is 2.19. The van der Waals surface area contributed by atoms with Crippen molar-refractivity contribution in [3.8, 4) is 0 Å². The van der Waals surface area contributed by atoms with Gasteiger partial charge < -0.3 is 14.5 Å². The fourth-order valence-electron chi connectivity index (χ4n) is 1.71. The van der Waals surface area contributed by atoms with Crippen LogP contribution in [0.15, 0.2) is 10.7 Å². The third-order valence-electron chi connectivity index (χ3n) is 2.39. The largest absolute Gasteiger partial charge is 0.446 e. The van der Waals surface area contributed by atoms with E-state index in [2.05, 4.69) is 24.1 Å². The molecule has 0 amide bonds. The lowest BCUT2D eigenvalue weighted by molar-refractivity contribution is 0.0108. The number of hydrogen-bond donors (Lipinski definition) is 1. The van der Waals surface area contributed by atoms with Gasteiger partial charge >= 0.3 is 0 Å². The van der Waals surface area contributed by atoms with E-state index in [0.29, 0.717) is 11.8 Å². The molecule has 1 atom stereocenters. The van der Waals surface area contributed by atoms with Crippen LogP contribution >= 0.6 is 0 Å². The number of oxazole rings is 1. The van der Waals surface area contributed by atoms with E-state index in [0.717, 1.165) is 31.8 Å². The van der Waals surface area contributed by atoms with Gasteiger partial charge in [0.2, 0.25) is 5.89 Å². The summed E-state index contributed by atoms with van der Waals surface area (Å²) in [6.07, 6.45) is 2.69. The Hall–Kier alpha value is -0.870. The summed E-state index contributed by atoms with van der Waals surface area (Å²) in [6.45, 7) is 6.78. The van der Waals surface area contributed by atoms with Crippen LogP contribution in [-0.4, -0.2) is 24.7 Å². The zero-order valence-electron chi connectivity index (χ0n) is 9.32. The maximum Gasteiger partial charge on any atom is 0.224 e. The van der Waals surface area contributed by atoms with Gasteiger partial charge in [-0.15, -0.1) is 0 Å². The zero-order chi connectivity index (χ0) is 10.7. The Bertz CT molecular complexity index is 303. The van der Waals surface area contributed by atoms with Gasteiger partial charge in [-0.05, 0) is 12.3 Å². The maximum absolute atomic E-state index is 5.56. The highest BCUT2D eigenvalue weighted by molar-refractivity contribution is 5.00. The Morgan fingerprint density at radius 2 is 2.47 bits per heavy atom. The van der Waals surface area contributed by atoms with Crippen molar-refractivity contribution in [1.29, 1.82) is 0 Å². The quantitative estimate of drug-likeness (QED) is 0.822. The average molecular weight is 210 g/mol. The van der Waals surface area contributed by atoms with Crippen molar-refractivity contribution in [3.05, 3.63) is 17.8 Å². The molecule has 0 spiro atoms. The molecule has 0 aliphatic carbocycles. The lowest BCUT2D eigenvalue weighted by atomic mass is 10.1.